The Kier molecular flexibility index (Phi) is 3.24. The van der Waals surface area contributed by atoms with Gasteiger partial charge in [-0.15, -0.1) is 0 Å². The van der Waals surface area contributed by atoms with E-state index in [0.29, 0.717) is 4.47 Å². The molecule has 14 heavy (non-hydrogen) atoms. The molecule has 0 aliphatic heterocycles. The zero-order valence-corrected chi connectivity index (χ0v) is 8.61. The maximum Gasteiger partial charge on any atom is 0.311 e. The first-order chi connectivity index (χ1) is 6.50. The Morgan fingerprint density at radius 2 is 2.00 bits per heavy atom. The number of carboxylic acid groups (broad SMARTS) is 1. The van der Waals surface area contributed by atoms with Crippen LogP contribution in [0.25, 0.3) is 0 Å². The van der Waals surface area contributed by atoms with E-state index in [0.717, 1.165) is 0 Å². The van der Waals surface area contributed by atoms with E-state index in [4.69, 9.17) is 5.11 Å². The molecule has 0 amide bonds. The third-order valence-electron chi connectivity index (χ3n) is 1.57. The first-order valence-corrected chi connectivity index (χ1v) is 4.53. The summed E-state index contributed by atoms with van der Waals surface area (Å²) in [7, 11) is 0. The minimum atomic E-state index is -1.21. The molecule has 0 fully saturated rings. The monoisotopic (exact) mass is 258 g/mol. The van der Waals surface area contributed by atoms with Crippen molar-refractivity contribution in [2.45, 2.75) is 6.42 Å². The van der Waals surface area contributed by atoms with Gasteiger partial charge in [-0.2, -0.15) is 0 Å². The van der Waals surface area contributed by atoms with E-state index in [1.54, 1.807) is 6.07 Å². The molecule has 1 aromatic carbocycles. The van der Waals surface area contributed by atoms with Crippen molar-refractivity contribution in [2.75, 3.05) is 0 Å². The Labute approximate surface area is 88.3 Å². The molecule has 0 aliphatic carbocycles. The normalized spacial score (nSPS) is 9.79. The highest BCUT2D eigenvalue weighted by atomic mass is 79.9. The van der Waals surface area contributed by atoms with Gasteiger partial charge in [-0.1, -0.05) is 15.9 Å². The molecule has 1 aromatic rings. The standard InChI is InChI=1S/C9H7BrO4/c10-5-1-2-7(11)6(3-5)8(12)4-9(13)14/h1-3,11H,4H2,(H,13,14). The average Bonchev–Trinajstić information content (AvgIpc) is 2.08. The summed E-state index contributed by atoms with van der Waals surface area (Å²) in [6.07, 6.45) is -0.621. The van der Waals surface area contributed by atoms with Crippen molar-refractivity contribution >= 4 is 27.7 Å². The molecule has 0 aromatic heterocycles. The van der Waals surface area contributed by atoms with Crippen LogP contribution in [0.1, 0.15) is 16.8 Å². The molecule has 4 nitrogen and oxygen atoms in total. The number of hydrogen-bond donors (Lipinski definition) is 2. The van der Waals surface area contributed by atoms with Crippen LogP contribution in [0.4, 0.5) is 0 Å². The lowest BCUT2D eigenvalue weighted by atomic mass is 10.1. The lowest BCUT2D eigenvalue weighted by Gasteiger charge is -2.01. The van der Waals surface area contributed by atoms with Crippen LogP contribution < -0.4 is 0 Å². The van der Waals surface area contributed by atoms with Crippen LogP contribution in [0.2, 0.25) is 0 Å². The zero-order chi connectivity index (χ0) is 10.7. The minimum absolute atomic E-state index is 0.0155. The quantitative estimate of drug-likeness (QED) is 0.641. The molecule has 0 atom stereocenters. The number of carbonyl (C=O) groups excluding carboxylic acids is 1. The zero-order valence-electron chi connectivity index (χ0n) is 7.03. The van der Waals surface area contributed by atoms with Crippen molar-refractivity contribution in [2.24, 2.45) is 0 Å². The van der Waals surface area contributed by atoms with Gasteiger partial charge in [-0.3, -0.25) is 9.59 Å². The second-order valence-corrected chi connectivity index (χ2v) is 3.57. The van der Waals surface area contributed by atoms with Gasteiger partial charge in [-0.25, -0.2) is 0 Å². The minimum Gasteiger partial charge on any atom is -0.507 e. The summed E-state index contributed by atoms with van der Waals surface area (Å²) in [5, 5.41) is 17.7. The summed E-state index contributed by atoms with van der Waals surface area (Å²) in [5.41, 5.74) is 0.0155. The number of aromatic hydroxyl groups is 1. The molecule has 0 radical (unpaired) electrons. The number of phenolic OH excluding ortho intramolecular Hbond substituents is 1. The Morgan fingerprint density at radius 1 is 1.36 bits per heavy atom. The fourth-order valence-corrected chi connectivity index (χ4v) is 1.33. The van der Waals surface area contributed by atoms with Crippen molar-refractivity contribution < 1.29 is 19.8 Å². The molecule has 2 N–H and O–H groups in total. The lowest BCUT2D eigenvalue weighted by Crippen LogP contribution is -2.07. The highest BCUT2D eigenvalue weighted by molar-refractivity contribution is 9.10. The number of halogens is 1. The van der Waals surface area contributed by atoms with Crippen molar-refractivity contribution in [3.8, 4) is 5.75 Å². The summed E-state index contributed by atoms with van der Waals surface area (Å²) < 4.78 is 0.615. The number of rotatable bonds is 3. The van der Waals surface area contributed by atoms with E-state index in [-0.39, 0.29) is 11.3 Å². The van der Waals surface area contributed by atoms with Gasteiger partial charge in [0.2, 0.25) is 0 Å². The molecule has 0 heterocycles. The highest BCUT2D eigenvalue weighted by Crippen LogP contribution is 2.22. The second kappa shape index (κ2) is 4.23. The van der Waals surface area contributed by atoms with E-state index in [1.807, 2.05) is 0 Å². The Bertz CT molecular complexity index is 386. The van der Waals surface area contributed by atoms with Crippen molar-refractivity contribution in [3.05, 3.63) is 28.2 Å². The van der Waals surface area contributed by atoms with Gasteiger partial charge in [-0.05, 0) is 18.2 Å². The lowest BCUT2D eigenvalue weighted by molar-refractivity contribution is -0.135. The van der Waals surface area contributed by atoms with Gasteiger partial charge < -0.3 is 10.2 Å². The molecular weight excluding hydrogens is 252 g/mol. The summed E-state index contributed by atoms with van der Waals surface area (Å²) >= 11 is 3.12. The predicted molar refractivity (Wildman–Crippen MR) is 52.4 cm³/mol. The number of carbonyl (C=O) groups is 2. The molecule has 5 heteroatoms. The number of Topliss-reactive ketones (excluding diaryl/α,β-unsaturated/α-hetero) is 1. The van der Waals surface area contributed by atoms with E-state index in [1.165, 1.54) is 12.1 Å². The van der Waals surface area contributed by atoms with Crippen LogP contribution >= 0.6 is 15.9 Å². The fraction of sp³-hybridized carbons (Fsp3) is 0.111. The summed E-state index contributed by atoms with van der Waals surface area (Å²) in [6.45, 7) is 0. The molecule has 0 spiro atoms. The van der Waals surface area contributed by atoms with Crippen molar-refractivity contribution in [1.29, 1.82) is 0 Å². The van der Waals surface area contributed by atoms with Crippen LogP contribution in [0, 0.1) is 0 Å². The maximum atomic E-state index is 11.3. The van der Waals surface area contributed by atoms with E-state index in [2.05, 4.69) is 15.9 Å². The first kappa shape index (κ1) is 10.7. The number of carboxylic acids is 1. The Balaban J connectivity index is 3.00. The first-order valence-electron chi connectivity index (χ1n) is 3.74. The van der Waals surface area contributed by atoms with Crippen LogP contribution in [0.3, 0.4) is 0 Å². The van der Waals surface area contributed by atoms with E-state index < -0.39 is 18.2 Å². The van der Waals surface area contributed by atoms with Gasteiger partial charge >= 0.3 is 5.97 Å². The van der Waals surface area contributed by atoms with Gasteiger partial charge in [0.15, 0.2) is 5.78 Å². The number of phenols is 1. The molecule has 0 saturated carbocycles. The third-order valence-corrected chi connectivity index (χ3v) is 2.06. The van der Waals surface area contributed by atoms with Gasteiger partial charge in [0.25, 0.3) is 0 Å². The molecule has 74 valence electrons. The molecule has 0 saturated heterocycles. The van der Waals surface area contributed by atoms with E-state index >= 15 is 0 Å². The highest BCUT2D eigenvalue weighted by Gasteiger charge is 2.14. The number of benzene rings is 1. The van der Waals surface area contributed by atoms with Crippen LogP contribution in [0.5, 0.6) is 5.75 Å². The molecular formula is C9H7BrO4. The maximum absolute atomic E-state index is 11.3. The van der Waals surface area contributed by atoms with Gasteiger partial charge in [0.1, 0.15) is 12.2 Å². The molecule has 0 unspecified atom stereocenters. The van der Waals surface area contributed by atoms with Gasteiger partial charge in [0, 0.05) is 4.47 Å². The van der Waals surface area contributed by atoms with Crippen LogP contribution in [-0.2, 0) is 4.79 Å². The number of hydrogen-bond acceptors (Lipinski definition) is 3. The summed E-state index contributed by atoms with van der Waals surface area (Å²) in [4.78, 5) is 21.5. The van der Waals surface area contributed by atoms with Crippen LogP contribution in [-0.4, -0.2) is 22.0 Å². The average molecular weight is 259 g/mol. The second-order valence-electron chi connectivity index (χ2n) is 2.66. The predicted octanol–water partition coefficient (Wildman–Crippen LogP) is 1.81. The Morgan fingerprint density at radius 3 is 2.57 bits per heavy atom. The van der Waals surface area contributed by atoms with Gasteiger partial charge in [0.05, 0.1) is 5.56 Å². The summed E-state index contributed by atoms with van der Waals surface area (Å²) in [6, 6.07) is 4.28. The van der Waals surface area contributed by atoms with Crippen molar-refractivity contribution in [1.82, 2.24) is 0 Å². The smallest absolute Gasteiger partial charge is 0.311 e. The number of ketones is 1. The topological polar surface area (TPSA) is 74.6 Å². The molecule has 1 rings (SSSR count). The fourth-order valence-electron chi connectivity index (χ4n) is 0.964. The largest absolute Gasteiger partial charge is 0.507 e. The summed E-state index contributed by atoms with van der Waals surface area (Å²) in [5.74, 6) is -2.04. The van der Waals surface area contributed by atoms with E-state index in [9.17, 15) is 14.7 Å². The third kappa shape index (κ3) is 2.56. The van der Waals surface area contributed by atoms with Crippen molar-refractivity contribution in [3.63, 3.8) is 0 Å². The molecule has 0 aliphatic rings. The molecule has 0 bridgehead atoms. The number of aliphatic carboxylic acids is 1. The van der Waals surface area contributed by atoms with Crippen LogP contribution in [0.15, 0.2) is 22.7 Å². The Hall–Kier alpha value is -1.36. The SMILES string of the molecule is O=C(O)CC(=O)c1cc(Br)ccc1O.